The minimum absolute atomic E-state index is 0.424. The van der Waals surface area contributed by atoms with Gasteiger partial charge in [-0.05, 0) is 24.5 Å². The van der Waals surface area contributed by atoms with Gasteiger partial charge >= 0.3 is 0 Å². The maximum Gasteiger partial charge on any atom is 0.0960 e. The first kappa shape index (κ1) is 11.5. The number of aliphatic hydroxyl groups is 1. The summed E-state index contributed by atoms with van der Waals surface area (Å²) in [6.07, 6.45) is 1.32. The predicted octanol–water partition coefficient (Wildman–Crippen LogP) is 2.88. The SMILES string of the molecule is CC(C)CSc1ccc([C@@H](C)O)cn1. The number of hydrogen-bond donors (Lipinski definition) is 1. The number of pyridine rings is 1. The van der Waals surface area contributed by atoms with Gasteiger partial charge in [0.2, 0.25) is 0 Å². The van der Waals surface area contributed by atoms with Gasteiger partial charge < -0.3 is 5.11 Å². The smallest absolute Gasteiger partial charge is 0.0960 e. The maximum absolute atomic E-state index is 9.29. The van der Waals surface area contributed by atoms with Crippen molar-refractivity contribution in [1.29, 1.82) is 0 Å². The fourth-order valence-corrected chi connectivity index (χ4v) is 1.77. The van der Waals surface area contributed by atoms with Crippen molar-refractivity contribution in [2.75, 3.05) is 5.75 Å². The molecule has 0 aliphatic heterocycles. The molecule has 0 unspecified atom stereocenters. The summed E-state index contributed by atoms with van der Waals surface area (Å²) in [5, 5.41) is 10.3. The van der Waals surface area contributed by atoms with E-state index in [2.05, 4.69) is 18.8 Å². The Hall–Kier alpha value is -0.540. The van der Waals surface area contributed by atoms with Crippen molar-refractivity contribution < 1.29 is 5.11 Å². The molecule has 0 saturated heterocycles. The van der Waals surface area contributed by atoms with E-state index in [4.69, 9.17) is 0 Å². The van der Waals surface area contributed by atoms with Crippen LogP contribution in [0, 0.1) is 5.92 Å². The Morgan fingerprint density at radius 2 is 2.07 bits per heavy atom. The van der Waals surface area contributed by atoms with E-state index >= 15 is 0 Å². The number of hydrogen-bond acceptors (Lipinski definition) is 3. The van der Waals surface area contributed by atoms with Crippen molar-refractivity contribution in [3.05, 3.63) is 23.9 Å². The van der Waals surface area contributed by atoms with E-state index in [1.165, 1.54) is 0 Å². The molecule has 3 heteroatoms. The molecule has 2 nitrogen and oxygen atoms in total. The van der Waals surface area contributed by atoms with Crippen molar-refractivity contribution in [2.24, 2.45) is 5.92 Å². The molecule has 1 N–H and O–H groups in total. The zero-order valence-electron chi connectivity index (χ0n) is 8.90. The molecule has 0 spiro atoms. The summed E-state index contributed by atoms with van der Waals surface area (Å²) in [5.41, 5.74) is 0.874. The predicted molar refractivity (Wildman–Crippen MR) is 60.4 cm³/mol. The van der Waals surface area contributed by atoms with Gasteiger partial charge in [-0.15, -0.1) is 11.8 Å². The van der Waals surface area contributed by atoms with Gasteiger partial charge in [0.1, 0.15) is 0 Å². The van der Waals surface area contributed by atoms with Gasteiger partial charge in [0.05, 0.1) is 11.1 Å². The van der Waals surface area contributed by atoms with E-state index in [0.29, 0.717) is 5.92 Å². The monoisotopic (exact) mass is 211 g/mol. The zero-order valence-corrected chi connectivity index (χ0v) is 9.71. The molecule has 0 radical (unpaired) electrons. The second kappa shape index (κ2) is 5.37. The fourth-order valence-electron chi connectivity index (χ4n) is 0.976. The largest absolute Gasteiger partial charge is 0.389 e. The highest BCUT2D eigenvalue weighted by atomic mass is 32.2. The van der Waals surface area contributed by atoms with Crippen molar-refractivity contribution in [2.45, 2.75) is 31.9 Å². The lowest BCUT2D eigenvalue weighted by atomic mass is 10.2. The van der Waals surface area contributed by atoms with Crippen LogP contribution in [-0.4, -0.2) is 15.8 Å². The first-order chi connectivity index (χ1) is 6.59. The second-order valence-corrected chi connectivity index (χ2v) is 4.85. The third-order valence-electron chi connectivity index (χ3n) is 1.81. The van der Waals surface area contributed by atoms with Gasteiger partial charge in [0.15, 0.2) is 0 Å². The topological polar surface area (TPSA) is 33.1 Å². The van der Waals surface area contributed by atoms with E-state index < -0.39 is 6.10 Å². The third-order valence-corrected chi connectivity index (χ3v) is 3.18. The molecule has 0 bridgehead atoms. The van der Waals surface area contributed by atoms with Crippen LogP contribution >= 0.6 is 11.8 Å². The summed E-state index contributed by atoms with van der Waals surface area (Å²) in [6.45, 7) is 6.13. The molecular formula is C11H17NOS. The summed E-state index contributed by atoms with van der Waals surface area (Å²) < 4.78 is 0. The lowest BCUT2D eigenvalue weighted by molar-refractivity contribution is 0.198. The maximum atomic E-state index is 9.29. The summed E-state index contributed by atoms with van der Waals surface area (Å²) in [4.78, 5) is 4.27. The molecule has 0 aliphatic rings. The molecule has 0 saturated carbocycles. The Morgan fingerprint density at radius 1 is 1.36 bits per heavy atom. The number of aliphatic hydroxyl groups excluding tert-OH is 1. The highest BCUT2D eigenvalue weighted by Gasteiger charge is 2.02. The second-order valence-electron chi connectivity index (χ2n) is 3.81. The lowest BCUT2D eigenvalue weighted by Crippen LogP contribution is -1.94. The van der Waals surface area contributed by atoms with Crippen LogP contribution in [0.25, 0.3) is 0 Å². The molecule has 0 amide bonds. The third kappa shape index (κ3) is 3.68. The van der Waals surface area contributed by atoms with Gasteiger partial charge in [-0.1, -0.05) is 19.9 Å². The molecule has 1 rings (SSSR count). The number of thioether (sulfide) groups is 1. The van der Waals surface area contributed by atoms with E-state index in [0.717, 1.165) is 16.3 Å². The Labute approximate surface area is 89.8 Å². The normalized spacial score (nSPS) is 13.2. The minimum atomic E-state index is -0.424. The molecule has 14 heavy (non-hydrogen) atoms. The van der Waals surface area contributed by atoms with Gasteiger partial charge in [-0.3, -0.25) is 0 Å². The zero-order chi connectivity index (χ0) is 10.6. The molecule has 78 valence electrons. The molecular weight excluding hydrogens is 194 g/mol. The first-order valence-electron chi connectivity index (χ1n) is 4.86. The van der Waals surface area contributed by atoms with Gasteiger partial charge in [0, 0.05) is 11.9 Å². The molecule has 1 aromatic heterocycles. The quantitative estimate of drug-likeness (QED) is 0.777. The van der Waals surface area contributed by atoms with Crippen LogP contribution in [0.1, 0.15) is 32.4 Å². The standard InChI is InChI=1S/C11H17NOS/c1-8(2)7-14-11-5-4-10(6-12-11)9(3)13/h4-6,8-9,13H,7H2,1-3H3/t9-/m1/s1. The van der Waals surface area contributed by atoms with E-state index in [-0.39, 0.29) is 0 Å². The first-order valence-corrected chi connectivity index (χ1v) is 5.85. The minimum Gasteiger partial charge on any atom is -0.389 e. The Bertz CT molecular complexity index is 269. The molecule has 1 heterocycles. The number of aromatic nitrogens is 1. The summed E-state index contributed by atoms with van der Waals surface area (Å²) in [5.74, 6) is 1.76. The van der Waals surface area contributed by atoms with Crippen LogP contribution in [0.4, 0.5) is 0 Å². The van der Waals surface area contributed by atoms with Crippen LogP contribution in [-0.2, 0) is 0 Å². The average molecular weight is 211 g/mol. The fraction of sp³-hybridized carbons (Fsp3) is 0.545. The average Bonchev–Trinajstić information content (AvgIpc) is 2.15. The number of rotatable bonds is 4. The van der Waals surface area contributed by atoms with Crippen LogP contribution in [0.5, 0.6) is 0 Å². The summed E-state index contributed by atoms with van der Waals surface area (Å²) in [7, 11) is 0. The van der Waals surface area contributed by atoms with E-state index in [1.807, 2.05) is 12.1 Å². The van der Waals surface area contributed by atoms with Crippen LogP contribution in [0.3, 0.4) is 0 Å². The van der Waals surface area contributed by atoms with Gasteiger partial charge in [-0.25, -0.2) is 4.98 Å². The highest BCUT2D eigenvalue weighted by Crippen LogP contribution is 2.19. The Kier molecular flexibility index (Phi) is 4.42. The van der Waals surface area contributed by atoms with Crippen molar-refractivity contribution >= 4 is 11.8 Å². The van der Waals surface area contributed by atoms with Crippen LogP contribution in [0.2, 0.25) is 0 Å². The molecule has 0 fully saturated rings. The van der Waals surface area contributed by atoms with Crippen molar-refractivity contribution in [3.63, 3.8) is 0 Å². The van der Waals surface area contributed by atoms with Gasteiger partial charge in [-0.2, -0.15) is 0 Å². The molecule has 1 atom stereocenters. The van der Waals surface area contributed by atoms with E-state index in [1.54, 1.807) is 24.9 Å². The van der Waals surface area contributed by atoms with E-state index in [9.17, 15) is 5.11 Å². The van der Waals surface area contributed by atoms with Crippen LogP contribution in [0.15, 0.2) is 23.4 Å². The molecule has 0 aliphatic carbocycles. The van der Waals surface area contributed by atoms with Crippen molar-refractivity contribution in [1.82, 2.24) is 4.98 Å². The van der Waals surface area contributed by atoms with Gasteiger partial charge in [0.25, 0.3) is 0 Å². The Morgan fingerprint density at radius 3 is 2.50 bits per heavy atom. The lowest BCUT2D eigenvalue weighted by Gasteiger charge is -2.06. The van der Waals surface area contributed by atoms with Crippen LogP contribution < -0.4 is 0 Å². The molecule has 1 aromatic rings. The highest BCUT2D eigenvalue weighted by molar-refractivity contribution is 7.99. The van der Waals surface area contributed by atoms with Crippen molar-refractivity contribution in [3.8, 4) is 0 Å². The molecule has 0 aromatic carbocycles. The number of nitrogens with zero attached hydrogens (tertiary/aromatic N) is 1. The summed E-state index contributed by atoms with van der Waals surface area (Å²) >= 11 is 1.76. The Balaban J connectivity index is 2.55. The summed E-state index contributed by atoms with van der Waals surface area (Å²) in [6, 6.07) is 3.90.